The summed E-state index contributed by atoms with van der Waals surface area (Å²) in [4.78, 5) is 24.8. The maximum atomic E-state index is 12.4. The molecule has 0 unspecified atom stereocenters. The lowest BCUT2D eigenvalue weighted by molar-refractivity contribution is -0.120. The third-order valence-electron chi connectivity index (χ3n) is 4.28. The predicted molar refractivity (Wildman–Crippen MR) is 88.6 cm³/mol. The summed E-state index contributed by atoms with van der Waals surface area (Å²) >= 11 is 0. The number of carbonyl (C=O) groups is 2. The molecule has 0 spiro atoms. The van der Waals surface area contributed by atoms with E-state index in [2.05, 4.69) is 16.7 Å². The Morgan fingerprint density at radius 3 is 2.65 bits per heavy atom. The maximum Gasteiger partial charge on any atom is 0.253 e. The van der Waals surface area contributed by atoms with Gasteiger partial charge in [-0.25, -0.2) is 0 Å². The molecule has 0 saturated heterocycles. The van der Waals surface area contributed by atoms with Crippen molar-refractivity contribution < 1.29 is 14.3 Å². The fourth-order valence-electron chi connectivity index (χ4n) is 2.70. The van der Waals surface area contributed by atoms with Crippen LogP contribution in [0.5, 0.6) is 5.75 Å². The van der Waals surface area contributed by atoms with Crippen LogP contribution in [-0.2, 0) is 4.79 Å². The molecule has 1 saturated carbocycles. The highest BCUT2D eigenvalue weighted by Crippen LogP contribution is 2.26. The van der Waals surface area contributed by atoms with E-state index in [1.165, 1.54) is 0 Å². The van der Waals surface area contributed by atoms with Crippen molar-refractivity contribution in [1.29, 1.82) is 0 Å². The first-order chi connectivity index (χ1) is 11.2. The number of allylic oxidation sites excluding steroid dienone is 2. The molecule has 23 heavy (non-hydrogen) atoms. The fraction of sp³-hybridized carbons (Fsp3) is 0.444. The molecule has 5 nitrogen and oxygen atoms in total. The summed E-state index contributed by atoms with van der Waals surface area (Å²) < 4.78 is 5.20. The van der Waals surface area contributed by atoms with Crippen LogP contribution in [0, 0.1) is 5.92 Å². The zero-order valence-electron chi connectivity index (χ0n) is 13.3. The molecule has 122 valence electrons. The second kappa shape index (κ2) is 6.86. The average molecular weight is 314 g/mol. The highest BCUT2D eigenvalue weighted by atomic mass is 16.5. The van der Waals surface area contributed by atoms with Gasteiger partial charge in [0.25, 0.3) is 5.91 Å². The van der Waals surface area contributed by atoms with Crippen molar-refractivity contribution in [3.63, 3.8) is 0 Å². The standard InChI is InChI=1S/C18H22N2O3/c1-23-14-9-10-16(15(11-14)18(22)19-13-7-8-13)20-17(21)12-5-3-2-4-6-12/h2-3,9-13H,4-8H2,1H3,(H,19,22)(H,20,21)/t12-/m1/s1. The van der Waals surface area contributed by atoms with Crippen LogP contribution in [-0.4, -0.2) is 25.0 Å². The van der Waals surface area contributed by atoms with Gasteiger partial charge in [-0.3, -0.25) is 9.59 Å². The molecule has 0 radical (unpaired) electrons. The number of carbonyl (C=O) groups excluding carboxylic acids is 2. The third kappa shape index (κ3) is 3.92. The summed E-state index contributed by atoms with van der Waals surface area (Å²) in [5, 5.41) is 5.87. The zero-order valence-corrected chi connectivity index (χ0v) is 13.3. The average Bonchev–Trinajstić information content (AvgIpc) is 3.39. The Hall–Kier alpha value is -2.30. The van der Waals surface area contributed by atoms with Crippen LogP contribution in [0.4, 0.5) is 5.69 Å². The number of ether oxygens (including phenoxy) is 1. The minimum atomic E-state index is -0.162. The second-order valence-electron chi connectivity index (χ2n) is 6.13. The van der Waals surface area contributed by atoms with Gasteiger partial charge in [0.15, 0.2) is 0 Å². The van der Waals surface area contributed by atoms with Crippen molar-refractivity contribution in [3.8, 4) is 5.75 Å². The first kappa shape index (κ1) is 15.6. The van der Waals surface area contributed by atoms with Crippen LogP contribution in [0.3, 0.4) is 0 Å². The molecule has 0 aliphatic heterocycles. The number of anilines is 1. The molecule has 1 aromatic carbocycles. The van der Waals surface area contributed by atoms with Crippen molar-refractivity contribution in [2.24, 2.45) is 5.92 Å². The van der Waals surface area contributed by atoms with Crippen LogP contribution in [0.15, 0.2) is 30.4 Å². The molecule has 0 aromatic heterocycles. The van der Waals surface area contributed by atoms with Crippen molar-refractivity contribution >= 4 is 17.5 Å². The van der Waals surface area contributed by atoms with E-state index in [1.807, 2.05) is 6.08 Å². The Balaban J connectivity index is 1.77. The van der Waals surface area contributed by atoms with E-state index in [4.69, 9.17) is 4.74 Å². The van der Waals surface area contributed by atoms with E-state index in [-0.39, 0.29) is 23.8 Å². The van der Waals surface area contributed by atoms with Gasteiger partial charge >= 0.3 is 0 Å². The predicted octanol–water partition coefficient (Wildman–Crippen LogP) is 2.88. The third-order valence-corrected chi connectivity index (χ3v) is 4.28. The molecule has 2 N–H and O–H groups in total. The van der Waals surface area contributed by atoms with E-state index in [0.29, 0.717) is 17.0 Å². The van der Waals surface area contributed by atoms with E-state index < -0.39 is 0 Å². The van der Waals surface area contributed by atoms with Gasteiger partial charge in [0, 0.05) is 12.0 Å². The fourth-order valence-corrected chi connectivity index (χ4v) is 2.70. The van der Waals surface area contributed by atoms with Gasteiger partial charge in [0.1, 0.15) is 5.75 Å². The molecular weight excluding hydrogens is 292 g/mol. The molecule has 0 bridgehead atoms. The van der Waals surface area contributed by atoms with Gasteiger partial charge in [-0.2, -0.15) is 0 Å². The topological polar surface area (TPSA) is 67.4 Å². The first-order valence-corrected chi connectivity index (χ1v) is 8.12. The Morgan fingerprint density at radius 1 is 1.17 bits per heavy atom. The Kier molecular flexibility index (Phi) is 4.65. The lowest BCUT2D eigenvalue weighted by Gasteiger charge is -2.19. The minimum absolute atomic E-state index is 0.0264. The number of benzene rings is 1. The highest BCUT2D eigenvalue weighted by Gasteiger charge is 2.26. The summed E-state index contributed by atoms with van der Waals surface area (Å²) in [6, 6.07) is 5.43. The van der Waals surface area contributed by atoms with Crippen LogP contribution in [0.2, 0.25) is 0 Å². The molecular formula is C18H22N2O3. The Labute approximate surface area is 136 Å². The molecule has 2 aliphatic carbocycles. The highest BCUT2D eigenvalue weighted by molar-refractivity contribution is 6.04. The van der Waals surface area contributed by atoms with E-state index in [9.17, 15) is 9.59 Å². The molecule has 2 aliphatic rings. The summed E-state index contributed by atoms with van der Waals surface area (Å²) in [6.45, 7) is 0. The van der Waals surface area contributed by atoms with Gasteiger partial charge in [-0.15, -0.1) is 0 Å². The molecule has 3 rings (SSSR count). The Bertz CT molecular complexity index is 635. The van der Waals surface area contributed by atoms with Gasteiger partial charge < -0.3 is 15.4 Å². The van der Waals surface area contributed by atoms with E-state index in [0.717, 1.165) is 32.1 Å². The van der Waals surface area contributed by atoms with E-state index in [1.54, 1.807) is 25.3 Å². The molecule has 5 heteroatoms. The van der Waals surface area contributed by atoms with Crippen molar-refractivity contribution in [3.05, 3.63) is 35.9 Å². The van der Waals surface area contributed by atoms with E-state index >= 15 is 0 Å². The molecule has 1 fully saturated rings. The van der Waals surface area contributed by atoms with Gasteiger partial charge in [0.05, 0.1) is 18.4 Å². The summed E-state index contributed by atoms with van der Waals surface area (Å²) in [5.74, 6) is 0.385. The molecule has 2 amide bonds. The number of hydrogen-bond donors (Lipinski definition) is 2. The lowest BCUT2D eigenvalue weighted by atomic mass is 9.93. The van der Waals surface area contributed by atoms with Gasteiger partial charge in [0.2, 0.25) is 5.91 Å². The summed E-state index contributed by atoms with van der Waals surface area (Å²) in [6.07, 6.45) is 8.72. The van der Waals surface area contributed by atoms with Crippen LogP contribution < -0.4 is 15.4 Å². The lowest BCUT2D eigenvalue weighted by Crippen LogP contribution is -2.28. The normalized spacial score (nSPS) is 20.0. The van der Waals surface area contributed by atoms with Crippen molar-refractivity contribution in [1.82, 2.24) is 5.32 Å². The van der Waals surface area contributed by atoms with Crippen LogP contribution in [0.25, 0.3) is 0 Å². The molecule has 1 aromatic rings. The SMILES string of the molecule is COc1ccc(NC(=O)[C@@H]2CC=CCC2)c(C(=O)NC2CC2)c1. The van der Waals surface area contributed by atoms with Crippen LogP contribution >= 0.6 is 0 Å². The smallest absolute Gasteiger partial charge is 0.253 e. The van der Waals surface area contributed by atoms with Gasteiger partial charge in [-0.1, -0.05) is 12.2 Å². The van der Waals surface area contributed by atoms with Crippen molar-refractivity contribution in [2.75, 3.05) is 12.4 Å². The molecule has 0 heterocycles. The second-order valence-corrected chi connectivity index (χ2v) is 6.13. The number of amides is 2. The minimum Gasteiger partial charge on any atom is -0.497 e. The first-order valence-electron chi connectivity index (χ1n) is 8.12. The van der Waals surface area contributed by atoms with Gasteiger partial charge in [-0.05, 0) is 50.3 Å². The largest absolute Gasteiger partial charge is 0.497 e. The van der Waals surface area contributed by atoms with Crippen LogP contribution in [0.1, 0.15) is 42.5 Å². The number of rotatable bonds is 5. The number of methoxy groups -OCH3 is 1. The maximum absolute atomic E-state index is 12.4. The molecule has 1 atom stereocenters. The number of hydrogen-bond acceptors (Lipinski definition) is 3. The summed E-state index contributed by atoms with van der Waals surface area (Å²) in [5.41, 5.74) is 0.999. The quantitative estimate of drug-likeness (QED) is 0.821. The zero-order chi connectivity index (χ0) is 16.2. The Morgan fingerprint density at radius 2 is 2.00 bits per heavy atom. The van der Waals surface area contributed by atoms with Crippen molar-refractivity contribution in [2.45, 2.75) is 38.1 Å². The number of nitrogens with one attached hydrogen (secondary N) is 2. The monoisotopic (exact) mass is 314 g/mol. The summed E-state index contributed by atoms with van der Waals surface area (Å²) in [7, 11) is 1.56.